The number of allylic oxidation sites excluding steroid dienone is 5. The molecule has 0 heterocycles. The average molecular weight is 370 g/mol. The predicted octanol–water partition coefficient (Wildman–Crippen LogP) is 7.76. The van der Waals surface area contributed by atoms with Gasteiger partial charge in [-0.15, -0.1) is 6.58 Å². The van der Waals surface area contributed by atoms with Crippen molar-refractivity contribution in [3.8, 4) is 6.07 Å². The Bertz CT molecular complexity index is 521. The maximum Gasteiger partial charge on any atom is 0.177 e. The summed E-state index contributed by atoms with van der Waals surface area (Å²) in [5, 5.41) is 8.80. The van der Waals surface area contributed by atoms with E-state index in [1.54, 1.807) is 6.08 Å². The number of rotatable bonds is 17. The normalized spacial score (nSPS) is 13.8. The van der Waals surface area contributed by atoms with Crippen LogP contribution in [0.5, 0.6) is 0 Å². The summed E-state index contributed by atoms with van der Waals surface area (Å²) in [6.45, 7) is 3.77. The van der Waals surface area contributed by atoms with Gasteiger partial charge < -0.3 is 0 Å². The van der Waals surface area contributed by atoms with Gasteiger partial charge in [0.1, 0.15) is 6.07 Å². The number of nitrogens with zero attached hydrogens (tertiary/aromatic N) is 1. The fourth-order valence-electron chi connectivity index (χ4n) is 3.69. The monoisotopic (exact) mass is 369 g/mol. The summed E-state index contributed by atoms with van der Waals surface area (Å²) in [7, 11) is 0. The van der Waals surface area contributed by atoms with E-state index in [-0.39, 0.29) is 5.78 Å². The molecule has 2 heteroatoms. The first-order valence-electron chi connectivity index (χ1n) is 11.2. The van der Waals surface area contributed by atoms with E-state index in [2.05, 4.69) is 6.58 Å². The van der Waals surface area contributed by atoms with Crippen LogP contribution in [-0.4, -0.2) is 5.78 Å². The van der Waals surface area contributed by atoms with Crippen LogP contribution in [0.25, 0.3) is 0 Å². The van der Waals surface area contributed by atoms with Crippen molar-refractivity contribution in [2.75, 3.05) is 0 Å². The zero-order valence-corrected chi connectivity index (χ0v) is 17.3. The van der Waals surface area contributed by atoms with Gasteiger partial charge in [0, 0.05) is 6.42 Å². The number of Topliss-reactive ketones (excluding diaryl/α,β-unsaturated/α-hetero) is 1. The fourth-order valence-corrected chi connectivity index (χ4v) is 3.69. The molecule has 1 aliphatic carbocycles. The van der Waals surface area contributed by atoms with Crippen molar-refractivity contribution < 1.29 is 4.79 Å². The Morgan fingerprint density at radius 2 is 1.30 bits per heavy atom. The van der Waals surface area contributed by atoms with Gasteiger partial charge in [-0.05, 0) is 31.8 Å². The zero-order chi connectivity index (χ0) is 19.6. The first-order valence-corrected chi connectivity index (χ1v) is 11.2. The van der Waals surface area contributed by atoms with Gasteiger partial charge in [-0.1, -0.05) is 94.8 Å². The quantitative estimate of drug-likeness (QED) is 0.194. The maximum absolute atomic E-state index is 11.7. The number of nitriles is 1. The molecule has 0 saturated heterocycles. The summed E-state index contributed by atoms with van der Waals surface area (Å²) >= 11 is 0. The van der Waals surface area contributed by atoms with Crippen molar-refractivity contribution in [1.82, 2.24) is 0 Å². The second-order valence-electron chi connectivity index (χ2n) is 7.89. The Morgan fingerprint density at radius 1 is 0.815 bits per heavy atom. The third kappa shape index (κ3) is 12.4. The molecule has 27 heavy (non-hydrogen) atoms. The molecule has 0 fully saturated rings. The highest BCUT2D eigenvalue weighted by molar-refractivity contribution is 6.01. The number of hydrogen-bond donors (Lipinski definition) is 0. The number of hydrogen-bond acceptors (Lipinski definition) is 2. The highest BCUT2D eigenvalue weighted by Crippen LogP contribution is 2.21. The fraction of sp³-hybridized carbons (Fsp3) is 0.680. The first-order chi connectivity index (χ1) is 13.3. The lowest BCUT2D eigenvalue weighted by Gasteiger charge is -2.09. The summed E-state index contributed by atoms with van der Waals surface area (Å²) < 4.78 is 0. The van der Waals surface area contributed by atoms with Gasteiger partial charge in [0.2, 0.25) is 0 Å². The summed E-state index contributed by atoms with van der Waals surface area (Å²) in [4.78, 5) is 11.7. The van der Waals surface area contributed by atoms with Crippen LogP contribution < -0.4 is 0 Å². The largest absolute Gasteiger partial charge is 0.293 e. The molecule has 0 aromatic rings. The Kier molecular flexibility index (Phi) is 14.4. The van der Waals surface area contributed by atoms with E-state index in [1.165, 1.54) is 102 Å². The minimum atomic E-state index is -0.0114. The molecule has 0 N–H and O–H groups in total. The van der Waals surface area contributed by atoms with E-state index in [9.17, 15) is 4.79 Å². The lowest BCUT2D eigenvalue weighted by atomic mass is 9.94. The summed E-state index contributed by atoms with van der Waals surface area (Å²) in [6.07, 6.45) is 27.3. The molecule has 0 aromatic carbocycles. The summed E-state index contributed by atoms with van der Waals surface area (Å²) in [5.74, 6) is -0.0114. The van der Waals surface area contributed by atoms with Crippen LogP contribution in [-0.2, 0) is 4.79 Å². The third-order valence-electron chi connectivity index (χ3n) is 5.45. The van der Waals surface area contributed by atoms with Crippen LogP contribution in [0.15, 0.2) is 36.0 Å². The first kappa shape index (κ1) is 23.4. The van der Waals surface area contributed by atoms with E-state index in [0.29, 0.717) is 12.0 Å². The van der Waals surface area contributed by atoms with Gasteiger partial charge in [0.15, 0.2) is 5.78 Å². The minimum Gasteiger partial charge on any atom is -0.293 e. The van der Waals surface area contributed by atoms with Gasteiger partial charge in [-0.3, -0.25) is 4.79 Å². The van der Waals surface area contributed by atoms with Gasteiger partial charge in [-0.25, -0.2) is 0 Å². The SMILES string of the molecule is C=CCCCCCCCCCCCCCCCCC1=CC=C(C#N)C(=O)C1. The molecule has 0 atom stereocenters. The third-order valence-corrected chi connectivity index (χ3v) is 5.45. The molecule has 0 amide bonds. The number of unbranched alkanes of at least 4 members (excludes halogenated alkanes) is 14. The van der Waals surface area contributed by atoms with Gasteiger partial charge in [0.05, 0.1) is 5.57 Å². The van der Waals surface area contributed by atoms with E-state index < -0.39 is 0 Å². The van der Waals surface area contributed by atoms with Crippen LogP contribution in [0.1, 0.15) is 109 Å². The average Bonchev–Trinajstić information content (AvgIpc) is 2.68. The molecule has 150 valence electrons. The van der Waals surface area contributed by atoms with Crippen molar-refractivity contribution >= 4 is 5.78 Å². The van der Waals surface area contributed by atoms with Crippen LogP contribution >= 0.6 is 0 Å². The molecular weight excluding hydrogens is 330 g/mol. The smallest absolute Gasteiger partial charge is 0.177 e. The van der Waals surface area contributed by atoms with Crippen molar-refractivity contribution in [3.05, 3.63) is 36.0 Å². The van der Waals surface area contributed by atoms with Crippen LogP contribution in [0, 0.1) is 11.3 Å². The van der Waals surface area contributed by atoms with Gasteiger partial charge in [-0.2, -0.15) is 5.26 Å². The molecule has 2 nitrogen and oxygen atoms in total. The predicted molar refractivity (Wildman–Crippen MR) is 115 cm³/mol. The molecule has 1 rings (SSSR count). The second kappa shape index (κ2) is 16.5. The van der Waals surface area contributed by atoms with E-state index in [4.69, 9.17) is 5.26 Å². The van der Waals surface area contributed by atoms with Crippen molar-refractivity contribution in [2.24, 2.45) is 0 Å². The van der Waals surface area contributed by atoms with Crippen LogP contribution in [0.4, 0.5) is 0 Å². The number of carbonyl (C=O) groups is 1. The molecule has 0 aromatic heterocycles. The Morgan fingerprint density at radius 3 is 1.74 bits per heavy atom. The van der Waals surface area contributed by atoms with Crippen molar-refractivity contribution in [2.45, 2.75) is 109 Å². The molecule has 0 unspecified atom stereocenters. The lowest BCUT2D eigenvalue weighted by Crippen LogP contribution is -2.06. The molecule has 0 saturated carbocycles. The van der Waals surface area contributed by atoms with E-state index in [1.807, 2.05) is 18.2 Å². The Labute approximate surface area is 167 Å². The highest BCUT2D eigenvalue weighted by atomic mass is 16.1. The molecule has 1 aliphatic rings. The molecule has 0 spiro atoms. The summed E-state index contributed by atoms with van der Waals surface area (Å²) in [5.41, 5.74) is 1.50. The molecule has 0 aliphatic heterocycles. The topological polar surface area (TPSA) is 40.9 Å². The standard InChI is InChI=1S/C25H39NO/c1-2-3-4-5-6-7-8-9-10-11-12-13-14-15-16-17-18-23-19-20-24(22-26)25(27)21-23/h2,19-20H,1,3-18,21H2. The van der Waals surface area contributed by atoms with Crippen molar-refractivity contribution in [1.29, 1.82) is 5.26 Å². The highest BCUT2D eigenvalue weighted by Gasteiger charge is 2.14. The summed E-state index contributed by atoms with van der Waals surface area (Å²) in [6, 6.07) is 1.96. The molecule has 0 radical (unpaired) electrons. The number of ketones is 1. The molecular formula is C25H39NO. The zero-order valence-electron chi connectivity index (χ0n) is 17.3. The second-order valence-corrected chi connectivity index (χ2v) is 7.89. The van der Waals surface area contributed by atoms with E-state index in [0.717, 1.165) is 6.42 Å². The van der Waals surface area contributed by atoms with E-state index >= 15 is 0 Å². The lowest BCUT2D eigenvalue weighted by molar-refractivity contribution is -0.114. The minimum absolute atomic E-state index is 0.0114. The van der Waals surface area contributed by atoms with Gasteiger partial charge in [0.25, 0.3) is 0 Å². The van der Waals surface area contributed by atoms with Crippen LogP contribution in [0.2, 0.25) is 0 Å². The van der Waals surface area contributed by atoms with Crippen LogP contribution in [0.3, 0.4) is 0 Å². The Balaban J connectivity index is 1.82. The Hall–Kier alpha value is -1.62. The van der Waals surface area contributed by atoms with Gasteiger partial charge >= 0.3 is 0 Å². The molecule has 0 bridgehead atoms. The van der Waals surface area contributed by atoms with Crippen molar-refractivity contribution in [3.63, 3.8) is 0 Å². The maximum atomic E-state index is 11.7. The number of carbonyl (C=O) groups excluding carboxylic acids is 1.